The average Bonchev–Trinajstić information content (AvgIpc) is 2.31. The maximum Gasteiger partial charge on any atom is 0.251 e. The summed E-state index contributed by atoms with van der Waals surface area (Å²) in [4.78, 5) is 11.7. The Hall–Kier alpha value is -1.51. The molecule has 0 aliphatic carbocycles. The zero-order chi connectivity index (χ0) is 12.0. The molecule has 0 aliphatic rings. The van der Waals surface area contributed by atoms with Crippen molar-refractivity contribution in [3.8, 4) is 0 Å². The van der Waals surface area contributed by atoms with Gasteiger partial charge in [-0.15, -0.1) is 0 Å². The van der Waals surface area contributed by atoms with Gasteiger partial charge in [-0.3, -0.25) is 4.79 Å². The smallest absolute Gasteiger partial charge is 0.251 e. The van der Waals surface area contributed by atoms with E-state index in [0.717, 1.165) is 19.4 Å². The number of hydrogen-bond acceptors (Lipinski definition) is 2. The summed E-state index contributed by atoms with van der Waals surface area (Å²) >= 11 is 0. The Morgan fingerprint density at radius 2 is 1.81 bits per heavy atom. The average molecular weight is 220 g/mol. The first kappa shape index (κ1) is 12.6. The first-order chi connectivity index (χ1) is 7.67. The number of nitrogens with two attached hydrogens (primary N) is 1. The van der Waals surface area contributed by atoms with Gasteiger partial charge in [-0.1, -0.05) is 26.7 Å². The van der Waals surface area contributed by atoms with Crippen molar-refractivity contribution in [2.24, 2.45) is 5.92 Å². The van der Waals surface area contributed by atoms with Gasteiger partial charge in [0, 0.05) is 17.8 Å². The fourth-order valence-corrected chi connectivity index (χ4v) is 1.55. The Morgan fingerprint density at radius 3 is 2.31 bits per heavy atom. The Morgan fingerprint density at radius 1 is 1.25 bits per heavy atom. The normalized spacial score (nSPS) is 10.4. The molecule has 0 atom stereocenters. The monoisotopic (exact) mass is 220 g/mol. The molecule has 3 N–H and O–H groups in total. The lowest BCUT2D eigenvalue weighted by molar-refractivity contribution is 0.0946. The number of hydrogen-bond donors (Lipinski definition) is 2. The third-order valence-corrected chi connectivity index (χ3v) is 2.88. The highest BCUT2D eigenvalue weighted by Crippen LogP contribution is 2.07. The van der Waals surface area contributed by atoms with E-state index in [4.69, 9.17) is 5.73 Å². The van der Waals surface area contributed by atoms with E-state index in [-0.39, 0.29) is 5.91 Å². The van der Waals surface area contributed by atoms with E-state index in [0.29, 0.717) is 17.2 Å². The van der Waals surface area contributed by atoms with Crippen molar-refractivity contribution in [2.45, 2.75) is 26.7 Å². The van der Waals surface area contributed by atoms with Gasteiger partial charge >= 0.3 is 0 Å². The molecule has 1 aromatic rings. The van der Waals surface area contributed by atoms with Gasteiger partial charge in [0.25, 0.3) is 5.91 Å². The second-order valence-electron chi connectivity index (χ2n) is 4.01. The second kappa shape index (κ2) is 6.16. The first-order valence-electron chi connectivity index (χ1n) is 5.81. The van der Waals surface area contributed by atoms with Crippen molar-refractivity contribution in [2.75, 3.05) is 12.3 Å². The summed E-state index contributed by atoms with van der Waals surface area (Å²) in [7, 11) is 0. The van der Waals surface area contributed by atoms with Crippen molar-refractivity contribution >= 4 is 11.6 Å². The lowest BCUT2D eigenvalue weighted by Gasteiger charge is -2.13. The first-order valence-corrected chi connectivity index (χ1v) is 5.81. The minimum atomic E-state index is -0.0214. The number of amides is 1. The molecule has 1 aromatic carbocycles. The SMILES string of the molecule is CCC(CC)CNC(=O)c1ccc(N)cc1. The van der Waals surface area contributed by atoms with E-state index < -0.39 is 0 Å². The molecule has 0 fully saturated rings. The number of nitrogens with one attached hydrogen (secondary N) is 1. The molecule has 0 heterocycles. The zero-order valence-electron chi connectivity index (χ0n) is 9.99. The van der Waals surface area contributed by atoms with Crippen LogP contribution >= 0.6 is 0 Å². The van der Waals surface area contributed by atoms with E-state index in [1.54, 1.807) is 24.3 Å². The largest absolute Gasteiger partial charge is 0.399 e. The fraction of sp³-hybridized carbons (Fsp3) is 0.462. The van der Waals surface area contributed by atoms with Crippen LogP contribution in [0.1, 0.15) is 37.0 Å². The predicted octanol–water partition coefficient (Wildman–Crippen LogP) is 2.43. The van der Waals surface area contributed by atoms with E-state index in [9.17, 15) is 4.79 Å². The van der Waals surface area contributed by atoms with E-state index in [2.05, 4.69) is 19.2 Å². The topological polar surface area (TPSA) is 55.1 Å². The van der Waals surface area contributed by atoms with Gasteiger partial charge in [0.15, 0.2) is 0 Å². The molecule has 88 valence electrons. The summed E-state index contributed by atoms with van der Waals surface area (Å²) in [5.41, 5.74) is 6.90. The van der Waals surface area contributed by atoms with Crippen LogP contribution in [0.25, 0.3) is 0 Å². The molecular weight excluding hydrogens is 200 g/mol. The van der Waals surface area contributed by atoms with Crippen molar-refractivity contribution < 1.29 is 4.79 Å². The summed E-state index contributed by atoms with van der Waals surface area (Å²) in [5, 5.41) is 2.94. The van der Waals surface area contributed by atoms with Crippen LogP contribution in [0.4, 0.5) is 5.69 Å². The summed E-state index contributed by atoms with van der Waals surface area (Å²) in [6.45, 7) is 5.03. The molecule has 3 nitrogen and oxygen atoms in total. The van der Waals surface area contributed by atoms with E-state index in [1.807, 2.05) is 0 Å². The van der Waals surface area contributed by atoms with Crippen LogP contribution in [0.2, 0.25) is 0 Å². The molecule has 0 bridgehead atoms. The van der Waals surface area contributed by atoms with Gasteiger partial charge in [0.1, 0.15) is 0 Å². The quantitative estimate of drug-likeness (QED) is 0.749. The molecule has 3 heteroatoms. The molecule has 0 aromatic heterocycles. The van der Waals surface area contributed by atoms with Crippen LogP contribution in [0, 0.1) is 5.92 Å². The van der Waals surface area contributed by atoms with Crippen LogP contribution < -0.4 is 11.1 Å². The summed E-state index contributed by atoms with van der Waals surface area (Å²) < 4.78 is 0. The molecular formula is C13H20N2O. The number of carbonyl (C=O) groups is 1. The standard InChI is InChI=1S/C13H20N2O/c1-3-10(4-2)9-15-13(16)11-5-7-12(14)8-6-11/h5-8,10H,3-4,9,14H2,1-2H3,(H,15,16). The van der Waals surface area contributed by atoms with Gasteiger partial charge in [0.05, 0.1) is 0 Å². The van der Waals surface area contributed by atoms with Gasteiger partial charge in [0.2, 0.25) is 0 Å². The molecule has 0 aliphatic heterocycles. The molecule has 1 rings (SSSR count). The molecule has 0 radical (unpaired) electrons. The van der Waals surface area contributed by atoms with E-state index >= 15 is 0 Å². The molecule has 16 heavy (non-hydrogen) atoms. The Labute approximate surface area is 97.0 Å². The highest BCUT2D eigenvalue weighted by molar-refractivity contribution is 5.94. The highest BCUT2D eigenvalue weighted by Gasteiger charge is 2.08. The molecule has 0 saturated carbocycles. The fourth-order valence-electron chi connectivity index (χ4n) is 1.55. The Bertz CT molecular complexity index is 328. The third kappa shape index (κ3) is 3.57. The number of anilines is 1. The van der Waals surface area contributed by atoms with Gasteiger partial charge < -0.3 is 11.1 Å². The van der Waals surface area contributed by atoms with Gasteiger partial charge in [-0.05, 0) is 30.2 Å². The third-order valence-electron chi connectivity index (χ3n) is 2.88. The van der Waals surface area contributed by atoms with Crippen LogP contribution in [-0.4, -0.2) is 12.5 Å². The number of carbonyl (C=O) groups excluding carboxylic acids is 1. The molecule has 0 unspecified atom stereocenters. The number of benzene rings is 1. The molecule has 0 spiro atoms. The van der Waals surface area contributed by atoms with Crippen molar-refractivity contribution in [3.05, 3.63) is 29.8 Å². The molecule has 1 amide bonds. The molecule has 0 saturated heterocycles. The highest BCUT2D eigenvalue weighted by atomic mass is 16.1. The maximum absolute atomic E-state index is 11.7. The van der Waals surface area contributed by atoms with Crippen molar-refractivity contribution in [1.82, 2.24) is 5.32 Å². The minimum absolute atomic E-state index is 0.0214. The second-order valence-corrected chi connectivity index (χ2v) is 4.01. The summed E-state index contributed by atoms with van der Waals surface area (Å²) in [5.74, 6) is 0.546. The van der Waals surface area contributed by atoms with Gasteiger partial charge in [-0.2, -0.15) is 0 Å². The summed E-state index contributed by atoms with van der Waals surface area (Å²) in [6.07, 6.45) is 2.19. The van der Waals surface area contributed by atoms with Crippen molar-refractivity contribution in [3.63, 3.8) is 0 Å². The van der Waals surface area contributed by atoms with Crippen LogP contribution in [-0.2, 0) is 0 Å². The van der Waals surface area contributed by atoms with E-state index in [1.165, 1.54) is 0 Å². The Balaban J connectivity index is 2.49. The number of rotatable bonds is 5. The van der Waals surface area contributed by atoms with Crippen molar-refractivity contribution in [1.29, 1.82) is 0 Å². The lowest BCUT2D eigenvalue weighted by Crippen LogP contribution is -2.28. The Kier molecular flexibility index (Phi) is 4.83. The van der Waals surface area contributed by atoms with Crippen LogP contribution in [0.3, 0.4) is 0 Å². The minimum Gasteiger partial charge on any atom is -0.399 e. The maximum atomic E-state index is 11.7. The zero-order valence-corrected chi connectivity index (χ0v) is 9.99. The lowest BCUT2D eigenvalue weighted by atomic mass is 10.0. The predicted molar refractivity (Wildman–Crippen MR) is 67.3 cm³/mol. The van der Waals surface area contributed by atoms with Gasteiger partial charge in [-0.25, -0.2) is 0 Å². The number of nitrogen functional groups attached to an aromatic ring is 1. The van der Waals surface area contributed by atoms with Crippen LogP contribution in [0.5, 0.6) is 0 Å². The summed E-state index contributed by atoms with van der Waals surface area (Å²) in [6, 6.07) is 6.98. The van der Waals surface area contributed by atoms with Crippen LogP contribution in [0.15, 0.2) is 24.3 Å².